The van der Waals surface area contributed by atoms with Crippen LogP contribution >= 0.6 is 11.6 Å². The molecule has 25 heavy (non-hydrogen) atoms. The van der Waals surface area contributed by atoms with Crippen LogP contribution < -0.4 is 4.74 Å². The normalized spacial score (nSPS) is 19.8. The summed E-state index contributed by atoms with van der Waals surface area (Å²) in [6, 6.07) is 7.47. The summed E-state index contributed by atoms with van der Waals surface area (Å²) in [5.74, 6) is 1.65. The number of rotatable bonds is 6. The second-order valence-electron chi connectivity index (χ2n) is 6.79. The van der Waals surface area contributed by atoms with E-state index in [1.54, 1.807) is 0 Å². The van der Waals surface area contributed by atoms with Crippen molar-refractivity contribution in [1.82, 2.24) is 9.80 Å². The number of morpholine rings is 1. The van der Waals surface area contributed by atoms with Gasteiger partial charge in [0.2, 0.25) is 5.91 Å². The number of hydrogen-bond acceptors (Lipinski definition) is 4. The summed E-state index contributed by atoms with van der Waals surface area (Å²) in [5, 5.41) is 0.719. The molecule has 5 nitrogen and oxygen atoms in total. The summed E-state index contributed by atoms with van der Waals surface area (Å²) in [4.78, 5) is 16.7. The van der Waals surface area contributed by atoms with Gasteiger partial charge in [-0.15, -0.1) is 0 Å². The molecule has 0 saturated carbocycles. The van der Waals surface area contributed by atoms with E-state index < -0.39 is 0 Å². The van der Waals surface area contributed by atoms with E-state index >= 15 is 0 Å². The van der Waals surface area contributed by atoms with Crippen molar-refractivity contribution in [2.75, 3.05) is 52.5 Å². The first kappa shape index (κ1) is 18.5. The highest BCUT2D eigenvalue weighted by Crippen LogP contribution is 2.21. The lowest BCUT2D eigenvalue weighted by Crippen LogP contribution is -2.42. The first-order valence-corrected chi connectivity index (χ1v) is 9.55. The smallest absolute Gasteiger partial charge is 0.223 e. The lowest BCUT2D eigenvalue weighted by Gasteiger charge is -2.33. The maximum absolute atomic E-state index is 12.4. The average molecular weight is 367 g/mol. The second kappa shape index (κ2) is 9.41. The number of carbonyl (C=O) groups excluding carboxylic acids is 1. The van der Waals surface area contributed by atoms with Crippen molar-refractivity contribution in [3.05, 3.63) is 29.3 Å². The molecule has 2 heterocycles. The fourth-order valence-electron chi connectivity index (χ4n) is 3.33. The van der Waals surface area contributed by atoms with Gasteiger partial charge in [-0.3, -0.25) is 9.69 Å². The molecule has 0 spiro atoms. The van der Waals surface area contributed by atoms with Crippen LogP contribution in [0, 0.1) is 5.92 Å². The van der Waals surface area contributed by atoms with E-state index in [1.165, 1.54) is 0 Å². The summed E-state index contributed by atoms with van der Waals surface area (Å²) < 4.78 is 11.2. The monoisotopic (exact) mass is 366 g/mol. The third-order valence-electron chi connectivity index (χ3n) is 5.01. The van der Waals surface area contributed by atoms with E-state index in [0.717, 1.165) is 69.6 Å². The Labute approximate surface area is 154 Å². The fraction of sp³-hybridized carbons (Fsp3) is 0.632. The maximum atomic E-state index is 12.4. The van der Waals surface area contributed by atoms with E-state index in [0.29, 0.717) is 18.9 Å². The van der Waals surface area contributed by atoms with Gasteiger partial charge >= 0.3 is 0 Å². The molecule has 1 aromatic rings. The zero-order valence-corrected chi connectivity index (χ0v) is 15.4. The molecule has 2 saturated heterocycles. The molecule has 138 valence electrons. The van der Waals surface area contributed by atoms with Gasteiger partial charge in [-0.2, -0.15) is 0 Å². The Bertz CT molecular complexity index is 538. The SMILES string of the molecule is O=C(CCN1CCOCC1)N1CCC(COc2ccc(Cl)cc2)CC1. The number of piperidine rings is 1. The van der Waals surface area contributed by atoms with Crippen LogP contribution in [0.4, 0.5) is 0 Å². The highest BCUT2D eigenvalue weighted by Gasteiger charge is 2.23. The van der Waals surface area contributed by atoms with Gasteiger partial charge in [-0.25, -0.2) is 0 Å². The van der Waals surface area contributed by atoms with E-state index in [9.17, 15) is 4.79 Å². The van der Waals surface area contributed by atoms with Crippen LogP contribution in [0.15, 0.2) is 24.3 Å². The highest BCUT2D eigenvalue weighted by atomic mass is 35.5. The average Bonchev–Trinajstić information content (AvgIpc) is 2.67. The molecule has 0 unspecified atom stereocenters. The summed E-state index contributed by atoms with van der Waals surface area (Å²) in [5.41, 5.74) is 0. The molecule has 1 amide bonds. The van der Waals surface area contributed by atoms with Gasteiger partial charge in [-0.1, -0.05) is 11.6 Å². The van der Waals surface area contributed by atoms with Gasteiger partial charge in [0.25, 0.3) is 0 Å². The second-order valence-corrected chi connectivity index (χ2v) is 7.23. The van der Waals surface area contributed by atoms with Crippen LogP contribution in [0.3, 0.4) is 0 Å². The summed E-state index contributed by atoms with van der Waals surface area (Å²) in [7, 11) is 0. The van der Waals surface area contributed by atoms with Crippen LogP contribution in [0.5, 0.6) is 5.75 Å². The number of hydrogen-bond donors (Lipinski definition) is 0. The maximum Gasteiger partial charge on any atom is 0.223 e. The van der Waals surface area contributed by atoms with E-state index in [-0.39, 0.29) is 5.91 Å². The van der Waals surface area contributed by atoms with Crippen molar-refractivity contribution in [2.45, 2.75) is 19.3 Å². The molecular weight excluding hydrogens is 340 g/mol. The van der Waals surface area contributed by atoms with Gasteiger partial charge in [0.15, 0.2) is 0 Å². The molecule has 0 N–H and O–H groups in total. The molecule has 0 atom stereocenters. The van der Waals surface area contributed by atoms with Gasteiger partial charge in [0, 0.05) is 44.2 Å². The van der Waals surface area contributed by atoms with Crippen molar-refractivity contribution in [3.8, 4) is 5.75 Å². The molecule has 2 aliphatic rings. The molecule has 0 radical (unpaired) electrons. The molecule has 1 aromatic carbocycles. The van der Waals surface area contributed by atoms with Crippen molar-refractivity contribution >= 4 is 17.5 Å². The van der Waals surface area contributed by atoms with E-state index in [1.807, 2.05) is 29.2 Å². The topological polar surface area (TPSA) is 42.0 Å². The predicted molar refractivity (Wildman–Crippen MR) is 98.1 cm³/mol. The number of nitrogens with zero attached hydrogens (tertiary/aromatic N) is 2. The molecule has 0 aromatic heterocycles. The van der Waals surface area contributed by atoms with Gasteiger partial charge < -0.3 is 14.4 Å². The Morgan fingerprint density at radius 2 is 1.80 bits per heavy atom. The number of likely N-dealkylation sites (tertiary alicyclic amines) is 1. The lowest BCUT2D eigenvalue weighted by atomic mass is 9.97. The Kier molecular flexibility index (Phi) is 6.96. The first-order chi connectivity index (χ1) is 12.2. The Balaban J connectivity index is 1.33. The quantitative estimate of drug-likeness (QED) is 0.776. The fourth-order valence-corrected chi connectivity index (χ4v) is 3.46. The zero-order chi connectivity index (χ0) is 17.5. The molecule has 2 fully saturated rings. The summed E-state index contributed by atoms with van der Waals surface area (Å²) in [6.07, 6.45) is 2.64. The van der Waals surface area contributed by atoms with Gasteiger partial charge in [0.1, 0.15) is 5.75 Å². The summed E-state index contributed by atoms with van der Waals surface area (Å²) in [6.45, 7) is 6.70. The molecule has 0 bridgehead atoms. The highest BCUT2D eigenvalue weighted by molar-refractivity contribution is 6.30. The molecule has 3 rings (SSSR count). The third kappa shape index (κ3) is 5.87. The minimum Gasteiger partial charge on any atom is -0.493 e. The number of carbonyl (C=O) groups is 1. The number of amides is 1. The van der Waals surface area contributed by atoms with E-state index in [4.69, 9.17) is 21.1 Å². The molecule has 0 aliphatic carbocycles. The van der Waals surface area contributed by atoms with Crippen LogP contribution in [0.1, 0.15) is 19.3 Å². The van der Waals surface area contributed by atoms with Crippen LogP contribution in [-0.4, -0.2) is 68.3 Å². The zero-order valence-electron chi connectivity index (χ0n) is 14.7. The third-order valence-corrected chi connectivity index (χ3v) is 5.26. The van der Waals surface area contributed by atoms with Crippen LogP contribution in [-0.2, 0) is 9.53 Å². The van der Waals surface area contributed by atoms with Crippen molar-refractivity contribution < 1.29 is 14.3 Å². The largest absolute Gasteiger partial charge is 0.493 e. The predicted octanol–water partition coefficient (Wildman–Crippen LogP) is 2.68. The van der Waals surface area contributed by atoms with Gasteiger partial charge in [0.05, 0.1) is 19.8 Å². The Morgan fingerprint density at radius 1 is 1.12 bits per heavy atom. The van der Waals surface area contributed by atoms with Crippen molar-refractivity contribution in [1.29, 1.82) is 0 Å². The molecule has 6 heteroatoms. The minimum atomic E-state index is 0.281. The van der Waals surface area contributed by atoms with E-state index in [2.05, 4.69) is 4.90 Å². The Morgan fingerprint density at radius 3 is 2.48 bits per heavy atom. The van der Waals surface area contributed by atoms with Crippen LogP contribution in [0.25, 0.3) is 0 Å². The molecule has 2 aliphatic heterocycles. The number of ether oxygens (including phenoxy) is 2. The first-order valence-electron chi connectivity index (χ1n) is 9.17. The lowest BCUT2D eigenvalue weighted by molar-refractivity contribution is -0.133. The minimum absolute atomic E-state index is 0.281. The standard InChI is InChI=1S/C19H27ClN2O3/c20-17-1-3-18(4-2-17)25-15-16-5-9-22(10-6-16)19(23)7-8-21-11-13-24-14-12-21/h1-4,16H,5-15H2. The van der Waals surface area contributed by atoms with Crippen LogP contribution in [0.2, 0.25) is 5.02 Å². The molecular formula is C19H27ClN2O3. The van der Waals surface area contributed by atoms with Gasteiger partial charge in [-0.05, 0) is 43.0 Å². The van der Waals surface area contributed by atoms with Crippen molar-refractivity contribution in [3.63, 3.8) is 0 Å². The Hall–Kier alpha value is -1.30. The number of halogens is 1. The number of benzene rings is 1. The summed E-state index contributed by atoms with van der Waals surface area (Å²) >= 11 is 5.88. The van der Waals surface area contributed by atoms with Crippen molar-refractivity contribution in [2.24, 2.45) is 5.92 Å².